The van der Waals surface area contributed by atoms with Crippen LogP contribution in [-0.2, 0) is 4.79 Å². The largest absolute Gasteiger partial charge is 0.490 e. The fourth-order valence-electron chi connectivity index (χ4n) is 2.09. The van der Waals surface area contributed by atoms with Crippen molar-refractivity contribution in [3.63, 3.8) is 0 Å². The number of hydrogen-bond donors (Lipinski definition) is 2. The molecule has 0 radical (unpaired) electrons. The molecule has 0 bridgehead atoms. The molecule has 1 heterocycles. The van der Waals surface area contributed by atoms with Crippen molar-refractivity contribution >= 4 is 17.7 Å². The molecule has 0 saturated carbocycles. The molecule has 1 fully saturated rings. The lowest BCUT2D eigenvalue weighted by atomic mass is 10.2. The highest BCUT2D eigenvalue weighted by atomic mass is 32.2. The van der Waals surface area contributed by atoms with Gasteiger partial charge in [0.05, 0.1) is 18.6 Å². The average Bonchev–Trinajstić information content (AvgIpc) is 2.96. The van der Waals surface area contributed by atoms with E-state index in [1.807, 2.05) is 25.1 Å². The summed E-state index contributed by atoms with van der Waals surface area (Å²) >= 11 is 1.59. The van der Waals surface area contributed by atoms with Crippen LogP contribution in [0.4, 0.5) is 0 Å². The van der Waals surface area contributed by atoms with Crippen molar-refractivity contribution in [2.75, 3.05) is 19.0 Å². The minimum absolute atomic E-state index is 0.0227. The molecule has 2 rings (SSSR count). The predicted octanol–water partition coefficient (Wildman–Crippen LogP) is 2.66. The first kappa shape index (κ1) is 16.0. The fraction of sp³-hybridized carbons (Fsp3) is 0.533. The van der Waals surface area contributed by atoms with E-state index in [1.54, 1.807) is 11.8 Å². The third kappa shape index (κ3) is 4.04. The third-order valence-electron chi connectivity index (χ3n) is 3.11. The third-order valence-corrected chi connectivity index (χ3v) is 4.38. The normalized spacial score (nSPS) is 21.2. The van der Waals surface area contributed by atoms with Crippen LogP contribution in [0, 0.1) is 0 Å². The molecule has 0 amide bonds. The van der Waals surface area contributed by atoms with Gasteiger partial charge in [-0.15, -0.1) is 11.8 Å². The molecule has 0 spiro atoms. The lowest BCUT2D eigenvalue weighted by Crippen LogP contribution is -2.33. The summed E-state index contributed by atoms with van der Waals surface area (Å²) in [4.78, 5) is 11.0. The second-order valence-corrected chi connectivity index (χ2v) is 5.90. The Labute approximate surface area is 129 Å². The van der Waals surface area contributed by atoms with E-state index in [9.17, 15) is 4.79 Å². The second kappa shape index (κ2) is 7.56. The lowest BCUT2D eigenvalue weighted by Gasteiger charge is -2.16. The van der Waals surface area contributed by atoms with Gasteiger partial charge < -0.3 is 14.6 Å². The first-order valence-electron chi connectivity index (χ1n) is 7.15. The summed E-state index contributed by atoms with van der Waals surface area (Å²) in [5.74, 6) is 1.21. The van der Waals surface area contributed by atoms with Gasteiger partial charge >= 0.3 is 5.97 Å². The molecular weight excluding hydrogens is 290 g/mol. The number of aliphatic carboxylic acids is 1. The molecule has 2 unspecified atom stereocenters. The van der Waals surface area contributed by atoms with E-state index < -0.39 is 12.0 Å². The summed E-state index contributed by atoms with van der Waals surface area (Å²) in [6.45, 7) is 5.20. The Kier molecular flexibility index (Phi) is 5.76. The van der Waals surface area contributed by atoms with Crippen LogP contribution in [0.5, 0.6) is 11.5 Å². The highest BCUT2D eigenvalue weighted by molar-refractivity contribution is 7.99. The summed E-state index contributed by atoms with van der Waals surface area (Å²) in [6.07, 6.45) is 0.938. The van der Waals surface area contributed by atoms with Crippen molar-refractivity contribution in [2.45, 2.75) is 31.7 Å². The van der Waals surface area contributed by atoms with Crippen LogP contribution in [0.1, 0.15) is 31.2 Å². The van der Waals surface area contributed by atoms with Gasteiger partial charge in [-0.05, 0) is 31.0 Å². The molecule has 0 aliphatic carbocycles. The molecule has 116 valence electrons. The van der Waals surface area contributed by atoms with Crippen LogP contribution in [0.3, 0.4) is 0 Å². The maximum Gasteiger partial charge on any atom is 0.321 e. The van der Waals surface area contributed by atoms with Gasteiger partial charge in [-0.1, -0.05) is 13.0 Å². The van der Waals surface area contributed by atoms with E-state index in [4.69, 9.17) is 14.6 Å². The molecule has 1 saturated heterocycles. The van der Waals surface area contributed by atoms with Crippen molar-refractivity contribution in [3.05, 3.63) is 23.8 Å². The highest BCUT2D eigenvalue weighted by Gasteiger charge is 2.30. The van der Waals surface area contributed by atoms with Gasteiger partial charge in [-0.3, -0.25) is 10.1 Å². The zero-order valence-electron chi connectivity index (χ0n) is 12.3. The molecule has 2 N–H and O–H groups in total. The number of carbonyl (C=O) groups is 1. The number of rotatable bonds is 7. The van der Waals surface area contributed by atoms with Gasteiger partial charge in [-0.2, -0.15) is 0 Å². The number of hydrogen-bond acceptors (Lipinski definition) is 5. The van der Waals surface area contributed by atoms with E-state index >= 15 is 0 Å². The minimum Gasteiger partial charge on any atom is -0.490 e. The van der Waals surface area contributed by atoms with Gasteiger partial charge in [0.2, 0.25) is 0 Å². The minimum atomic E-state index is -0.807. The molecule has 1 aliphatic heterocycles. The van der Waals surface area contributed by atoms with Crippen LogP contribution in [0.2, 0.25) is 0 Å². The Balaban J connectivity index is 2.14. The van der Waals surface area contributed by atoms with Crippen LogP contribution in [0.25, 0.3) is 0 Å². The zero-order chi connectivity index (χ0) is 15.2. The number of thioether (sulfide) groups is 1. The van der Waals surface area contributed by atoms with E-state index in [1.165, 1.54) is 0 Å². The predicted molar refractivity (Wildman–Crippen MR) is 83.2 cm³/mol. The van der Waals surface area contributed by atoms with Gasteiger partial charge in [0.15, 0.2) is 11.5 Å². The Morgan fingerprint density at radius 2 is 2.19 bits per heavy atom. The van der Waals surface area contributed by atoms with Crippen LogP contribution in [0.15, 0.2) is 18.2 Å². The van der Waals surface area contributed by atoms with Crippen molar-refractivity contribution in [2.24, 2.45) is 0 Å². The summed E-state index contributed by atoms with van der Waals surface area (Å²) < 4.78 is 11.3. The molecule has 2 atom stereocenters. The molecule has 1 aromatic rings. The van der Waals surface area contributed by atoms with Gasteiger partial charge in [0.25, 0.3) is 0 Å². The number of benzene rings is 1. The maximum atomic E-state index is 11.0. The van der Waals surface area contributed by atoms with Crippen LogP contribution >= 0.6 is 11.8 Å². The van der Waals surface area contributed by atoms with Crippen LogP contribution in [-0.4, -0.2) is 36.1 Å². The first-order valence-corrected chi connectivity index (χ1v) is 8.20. The quantitative estimate of drug-likeness (QED) is 0.807. The van der Waals surface area contributed by atoms with Crippen LogP contribution < -0.4 is 14.8 Å². The average molecular weight is 311 g/mol. The molecule has 1 aromatic carbocycles. The van der Waals surface area contributed by atoms with E-state index in [2.05, 4.69) is 12.2 Å². The number of nitrogens with one attached hydrogen (secondary N) is 1. The molecule has 0 aromatic heterocycles. The van der Waals surface area contributed by atoms with Crippen molar-refractivity contribution < 1.29 is 19.4 Å². The van der Waals surface area contributed by atoms with Crippen molar-refractivity contribution in [3.8, 4) is 11.5 Å². The van der Waals surface area contributed by atoms with E-state index in [0.29, 0.717) is 24.7 Å². The van der Waals surface area contributed by atoms with Crippen molar-refractivity contribution in [1.82, 2.24) is 5.32 Å². The first-order chi connectivity index (χ1) is 10.2. The van der Waals surface area contributed by atoms with E-state index in [-0.39, 0.29) is 5.37 Å². The zero-order valence-corrected chi connectivity index (χ0v) is 13.1. The molecule has 5 nitrogen and oxygen atoms in total. The summed E-state index contributed by atoms with van der Waals surface area (Å²) in [5, 5.41) is 12.1. The fourth-order valence-corrected chi connectivity index (χ4v) is 3.32. The summed E-state index contributed by atoms with van der Waals surface area (Å²) in [6, 6.07) is 5.30. The Morgan fingerprint density at radius 3 is 2.81 bits per heavy atom. The van der Waals surface area contributed by atoms with E-state index in [0.717, 1.165) is 17.7 Å². The number of ether oxygens (including phenoxy) is 2. The van der Waals surface area contributed by atoms with Gasteiger partial charge in [0.1, 0.15) is 6.04 Å². The Bertz CT molecular complexity index is 495. The van der Waals surface area contributed by atoms with Gasteiger partial charge in [0, 0.05) is 5.75 Å². The van der Waals surface area contributed by atoms with Crippen molar-refractivity contribution in [1.29, 1.82) is 0 Å². The molecule has 1 aliphatic rings. The molecular formula is C15H21NO4S. The lowest BCUT2D eigenvalue weighted by molar-refractivity contribution is -0.138. The second-order valence-electron chi connectivity index (χ2n) is 4.76. The van der Waals surface area contributed by atoms with Gasteiger partial charge in [-0.25, -0.2) is 0 Å². The standard InChI is InChI=1S/C15H21NO4S/c1-3-7-20-12-6-5-10(8-13(12)19-4-2)14-16-11(9-21-14)15(17)18/h5-6,8,11,14,16H,3-4,7,9H2,1-2H3,(H,17,18). The number of carboxylic acids is 1. The highest BCUT2D eigenvalue weighted by Crippen LogP contribution is 2.37. The Morgan fingerprint density at radius 1 is 1.38 bits per heavy atom. The summed E-state index contributed by atoms with van der Waals surface area (Å²) in [5.41, 5.74) is 1.01. The molecule has 21 heavy (non-hydrogen) atoms. The summed E-state index contributed by atoms with van der Waals surface area (Å²) in [7, 11) is 0. The Hall–Kier alpha value is -1.40. The topological polar surface area (TPSA) is 67.8 Å². The smallest absolute Gasteiger partial charge is 0.321 e. The molecule has 6 heteroatoms. The maximum absolute atomic E-state index is 11.0. The monoisotopic (exact) mass is 311 g/mol. The number of carboxylic acid groups (broad SMARTS) is 1. The SMILES string of the molecule is CCCOc1ccc(C2NC(C(=O)O)CS2)cc1OCC.